The van der Waals surface area contributed by atoms with Crippen molar-refractivity contribution >= 4 is 21.8 Å². The van der Waals surface area contributed by atoms with E-state index < -0.39 is 0 Å². The molecule has 1 atom stereocenters. The van der Waals surface area contributed by atoms with Gasteiger partial charge in [0.25, 0.3) is 0 Å². The SMILES string of the molecule is Cn1c2ccncc2c2ccc(-c3ccc(OCC#CCOCCCCOCCCCOC4CCCCO4)nc3)cc21. The van der Waals surface area contributed by atoms with Crippen LogP contribution in [0.1, 0.15) is 44.9 Å². The molecule has 0 radical (unpaired) electrons. The van der Waals surface area contributed by atoms with Crippen LogP contribution >= 0.6 is 0 Å². The third-order valence-electron chi connectivity index (χ3n) is 7.42. The molecule has 3 aromatic heterocycles. The highest BCUT2D eigenvalue weighted by atomic mass is 16.7. The van der Waals surface area contributed by atoms with Gasteiger partial charge in [0.2, 0.25) is 5.88 Å². The first kappa shape index (κ1) is 30.0. The number of aromatic nitrogens is 3. The number of rotatable bonds is 15. The summed E-state index contributed by atoms with van der Waals surface area (Å²) in [5, 5.41) is 2.36. The van der Waals surface area contributed by atoms with Crippen LogP contribution in [0.15, 0.2) is 55.0 Å². The zero-order valence-corrected chi connectivity index (χ0v) is 24.6. The second-order valence-electron chi connectivity index (χ2n) is 10.5. The van der Waals surface area contributed by atoms with Crippen LogP contribution in [-0.4, -0.2) is 67.1 Å². The number of pyridine rings is 2. The van der Waals surface area contributed by atoms with Gasteiger partial charge in [-0.1, -0.05) is 24.0 Å². The molecule has 8 nitrogen and oxygen atoms in total. The number of ether oxygens (including phenoxy) is 5. The lowest BCUT2D eigenvalue weighted by molar-refractivity contribution is -0.163. The minimum atomic E-state index is 0.00850. The molecule has 4 heterocycles. The highest BCUT2D eigenvalue weighted by molar-refractivity contribution is 6.08. The number of hydrogen-bond acceptors (Lipinski definition) is 7. The summed E-state index contributed by atoms with van der Waals surface area (Å²) in [6.07, 6.45) is 12.9. The lowest BCUT2D eigenvalue weighted by atomic mass is 10.1. The lowest BCUT2D eigenvalue weighted by Crippen LogP contribution is -2.22. The van der Waals surface area contributed by atoms with Crippen molar-refractivity contribution in [3.63, 3.8) is 0 Å². The second kappa shape index (κ2) is 16.2. The highest BCUT2D eigenvalue weighted by Gasteiger charge is 2.13. The number of nitrogens with zero attached hydrogens (tertiary/aromatic N) is 3. The monoisotopic (exact) mass is 571 g/mol. The van der Waals surface area contributed by atoms with E-state index >= 15 is 0 Å². The van der Waals surface area contributed by atoms with Gasteiger partial charge in [0.05, 0.1) is 5.52 Å². The van der Waals surface area contributed by atoms with Crippen molar-refractivity contribution in [2.24, 2.45) is 7.05 Å². The molecule has 1 aliphatic heterocycles. The fourth-order valence-electron chi connectivity index (χ4n) is 5.08. The molecule has 0 aliphatic carbocycles. The third-order valence-corrected chi connectivity index (χ3v) is 7.42. The summed E-state index contributed by atoms with van der Waals surface area (Å²) in [5.74, 6) is 6.54. The molecule has 1 saturated heterocycles. The van der Waals surface area contributed by atoms with Crippen LogP contribution in [0.3, 0.4) is 0 Å². The molecule has 222 valence electrons. The van der Waals surface area contributed by atoms with Crippen molar-refractivity contribution in [2.45, 2.75) is 51.2 Å². The van der Waals surface area contributed by atoms with Crippen molar-refractivity contribution in [1.29, 1.82) is 0 Å². The Kier molecular flexibility index (Phi) is 11.6. The maximum absolute atomic E-state index is 5.73. The van der Waals surface area contributed by atoms with E-state index in [2.05, 4.69) is 51.6 Å². The van der Waals surface area contributed by atoms with Gasteiger partial charge in [0.1, 0.15) is 6.61 Å². The lowest BCUT2D eigenvalue weighted by Gasteiger charge is -2.22. The largest absolute Gasteiger partial charge is 0.464 e. The van der Waals surface area contributed by atoms with E-state index in [9.17, 15) is 0 Å². The number of hydrogen-bond donors (Lipinski definition) is 0. The molecule has 0 bridgehead atoms. The van der Waals surface area contributed by atoms with E-state index in [0.29, 0.717) is 19.1 Å². The third kappa shape index (κ3) is 8.52. The zero-order valence-electron chi connectivity index (χ0n) is 24.6. The molecule has 1 aromatic carbocycles. The summed E-state index contributed by atoms with van der Waals surface area (Å²) in [6.45, 7) is 4.47. The van der Waals surface area contributed by atoms with Gasteiger partial charge < -0.3 is 28.3 Å². The summed E-state index contributed by atoms with van der Waals surface area (Å²) in [6, 6.07) is 12.4. The number of fused-ring (bicyclic) bond motifs is 3. The molecule has 0 N–H and O–H groups in total. The van der Waals surface area contributed by atoms with Crippen molar-refractivity contribution in [3.05, 3.63) is 55.0 Å². The Hall–Kier alpha value is -3.48. The predicted molar refractivity (Wildman–Crippen MR) is 164 cm³/mol. The summed E-state index contributed by atoms with van der Waals surface area (Å²) in [7, 11) is 2.08. The molecule has 42 heavy (non-hydrogen) atoms. The number of aryl methyl sites for hydroxylation is 1. The molecule has 1 unspecified atom stereocenters. The van der Waals surface area contributed by atoms with Crippen LogP contribution in [0.4, 0.5) is 0 Å². The molecular formula is C34H41N3O5. The molecule has 1 fully saturated rings. The highest BCUT2D eigenvalue weighted by Crippen LogP contribution is 2.31. The van der Waals surface area contributed by atoms with Gasteiger partial charge in [-0.25, -0.2) is 4.98 Å². The Morgan fingerprint density at radius 3 is 2.45 bits per heavy atom. The van der Waals surface area contributed by atoms with Crippen molar-refractivity contribution < 1.29 is 23.7 Å². The molecule has 8 heteroatoms. The molecule has 0 spiro atoms. The Morgan fingerprint density at radius 2 is 1.64 bits per heavy atom. The van der Waals surface area contributed by atoms with Crippen LogP contribution in [0.5, 0.6) is 5.88 Å². The van der Waals surface area contributed by atoms with Crippen LogP contribution in [-0.2, 0) is 26.0 Å². The standard InChI is InChI=1S/C34H41N3O5/c1-37-31-15-16-35-26-30(31)29-13-11-27(24-32(29)37)28-12-14-33(36-25-28)40-21-8-6-19-38-17-4-5-18-39-20-7-9-23-42-34-10-2-3-22-41-34/h11-16,24-26,34H,2-5,7,9-10,17-23H2,1H3. The summed E-state index contributed by atoms with van der Waals surface area (Å²) in [5.41, 5.74) is 4.48. The molecule has 1 aliphatic rings. The van der Waals surface area contributed by atoms with E-state index in [1.807, 2.05) is 36.8 Å². The Balaban J connectivity index is 0.905. The predicted octanol–water partition coefficient (Wildman–Crippen LogP) is 6.31. The van der Waals surface area contributed by atoms with Gasteiger partial charge in [-0.05, 0) is 68.7 Å². The molecule has 0 saturated carbocycles. The first-order chi connectivity index (χ1) is 20.8. The minimum Gasteiger partial charge on any atom is -0.464 e. The number of benzene rings is 1. The maximum Gasteiger partial charge on any atom is 0.214 e. The fourth-order valence-corrected chi connectivity index (χ4v) is 5.08. The smallest absolute Gasteiger partial charge is 0.214 e. The molecule has 5 rings (SSSR count). The fraction of sp³-hybridized carbons (Fsp3) is 0.471. The van der Waals surface area contributed by atoms with Crippen LogP contribution in [0.2, 0.25) is 0 Å². The summed E-state index contributed by atoms with van der Waals surface area (Å²) in [4.78, 5) is 8.75. The van der Waals surface area contributed by atoms with E-state index in [-0.39, 0.29) is 12.9 Å². The summed E-state index contributed by atoms with van der Waals surface area (Å²) < 4.78 is 30.5. The second-order valence-corrected chi connectivity index (χ2v) is 10.5. The minimum absolute atomic E-state index is 0.00850. The Morgan fingerprint density at radius 1 is 0.833 bits per heavy atom. The van der Waals surface area contributed by atoms with Gasteiger partial charge in [-0.15, -0.1) is 0 Å². The van der Waals surface area contributed by atoms with Crippen LogP contribution < -0.4 is 4.74 Å². The van der Waals surface area contributed by atoms with Crippen molar-refractivity contribution in [3.8, 4) is 28.8 Å². The quantitative estimate of drug-likeness (QED) is 0.122. The van der Waals surface area contributed by atoms with Gasteiger partial charge >= 0.3 is 0 Å². The van der Waals surface area contributed by atoms with E-state index in [1.54, 1.807) is 0 Å². The maximum atomic E-state index is 5.73. The topological polar surface area (TPSA) is 76.9 Å². The van der Waals surface area contributed by atoms with Crippen LogP contribution in [0.25, 0.3) is 32.9 Å². The zero-order chi connectivity index (χ0) is 28.8. The Labute approximate surface area is 248 Å². The normalized spacial score (nSPS) is 15.1. The Bertz CT molecular complexity index is 1450. The first-order valence-electron chi connectivity index (χ1n) is 15.1. The van der Waals surface area contributed by atoms with Gasteiger partial charge in [-0.2, -0.15) is 0 Å². The van der Waals surface area contributed by atoms with Crippen LogP contribution in [0, 0.1) is 11.8 Å². The van der Waals surface area contributed by atoms with Gasteiger partial charge in [0, 0.05) is 86.6 Å². The van der Waals surface area contributed by atoms with Crippen molar-refractivity contribution in [1.82, 2.24) is 14.5 Å². The van der Waals surface area contributed by atoms with E-state index in [0.717, 1.165) is 81.5 Å². The average Bonchev–Trinajstić information content (AvgIpc) is 3.32. The molecular weight excluding hydrogens is 530 g/mol. The number of unbranched alkanes of at least 4 members (excludes halogenated alkanes) is 2. The van der Waals surface area contributed by atoms with Crippen molar-refractivity contribution in [2.75, 3.05) is 46.2 Å². The molecule has 4 aromatic rings. The average molecular weight is 572 g/mol. The van der Waals surface area contributed by atoms with Gasteiger partial charge in [0.15, 0.2) is 12.9 Å². The molecule has 0 amide bonds. The first-order valence-corrected chi connectivity index (χ1v) is 15.1. The van der Waals surface area contributed by atoms with E-state index in [1.165, 1.54) is 22.8 Å². The van der Waals surface area contributed by atoms with Gasteiger partial charge in [-0.3, -0.25) is 4.98 Å². The van der Waals surface area contributed by atoms with E-state index in [4.69, 9.17) is 23.7 Å². The summed E-state index contributed by atoms with van der Waals surface area (Å²) >= 11 is 0.